The summed E-state index contributed by atoms with van der Waals surface area (Å²) in [5.41, 5.74) is 4.16. The normalized spacial score (nSPS) is 18.3. The lowest BCUT2D eigenvalue weighted by atomic mass is 10.1. The van der Waals surface area contributed by atoms with E-state index >= 15 is 0 Å². The third-order valence-corrected chi connectivity index (χ3v) is 7.93. The van der Waals surface area contributed by atoms with Crippen LogP contribution in [0.4, 0.5) is 5.69 Å². The highest BCUT2D eigenvalue weighted by Crippen LogP contribution is 2.55. The zero-order valence-corrected chi connectivity index (χ0v) is 17.8. The van der Waals surface area contributed by atoms with Crippen molar-refractivity contribution in [2.75, 3.05) is 5.01 Å². The summed E-state index contributed by atoms with van der Waals surface area (Å²) in [6.45, 7) is 0. The Labute approximate surface area is 182 Å². The van der Waals surface area contributed by atoms with Crippen molar-refractivity contribution in [1.82, 2.24) is 0 Å². The molecule has 3 nitrogen and oxygen atoms in total. The summed E-state index contributed by atoms with van der Waals surface area (Å²) < 4.78 is 14.7. The minimum absolute atomic E-state index is 0.586. The van der Waals surface area contributed by atoms with Gasteiger partial charge in [0.1, 0.15) is 5.45 Å². The molecule has 0 radical (unpaired) electrons. The van der Waals surface area contributed by atoms with E-state index in [0.29, 0.717) is 5.45 Å². The molecule has 0 bridgehead atoms. The van der Waals surface area contributed by atoms with E-state index in [9.17, 15) is 4.57 Å². The van der Waals surface area contributed by atoms with Crippen molar-refractivity contribution in [2.45, 2.75) is 0 Å². The van der Waals surface area contributed by atoms with Crippen LogP contribution in [0, 0.1) is 0 Å². The monoisotopic (exact) mass is 420 g/mol. The lowest BCUT2D eigenvalue weighted by Crippen LogP contribution is -2.25. The van der Waals surface area contributed by atoms with E-state index in [1.54, 1.807) is 0 Å². The molecule has 0 amide bonds. The zero-order valence-electron chi connectivity index (χ0n) is 16.9. The van der Waals surface area contributed by atoms with Gasteiger partial charge in [-0.2, -0.15) is 5.10 Å². The molecule has 0 fully saturated rings. The third kappa shape index (κ3) is 3.65. The Morgan fingerprint density at radius 3 is 1.65 bits per heavy atom. The van der Waals surface area contributed by atoms with Crippen molar-refractivity contribution in [3.63, 3.8) is 0 Å². The number of hydrogen-bond acceptors (Lipinski definition) is 3. The predicted octanol–water partition coefficient (Wildman–Crippen LogP) is 6.56. The van der Waals surface area contributed by atoms with Crippen LogP contribution in [0.2, 0.25) is 0 Å². The molecule has 5 rings (SSSR count). The minimum atomic E-state index is -3.13. The fraction of sp³-hybridized carbons (Fsp3) is 0. The van der Waals surface area contributed by atoms with E-state index < -0.39 is 7.14 Å². The summed E-state index contributed by atoms with van der Waals surface area (Å²) in [5, 5.41) is 7.70. The molecule has 150 valence electrons. The molecule has 0 saturated heterocycles. The first-order chi connectivity index (χ1) is 15.3. The molecule has 0 saturated carbocycles. The topological polar surface area (TPSA) is 32.7 Å². The number of rotatable bonds is 4. The first kappa shape index (κ1) is 19.3. The fourth-order valence-electron chi connectivity index (χ4n) is 3.76. The molecule has 4 heteroatoms. The highest BCUT2D eigenvalue weighted by molar-refractivity contribution is 7.90. The smallest absolute Gasteiger partial charge is 0.186 e. The predicted molar refractivity (Wildman–Crippen MR) is 130 cm³/mol. The summed E-state index contributed by atoms with van der Waals surface area (Å²) in [6.07, 6.45) is 0. The van der Waals surface area contributed by atoms with Crippen LogP contribution in [0.25, 0.3) is 5.70 Å². The van der Waals surface area contributed by atoms with Gasteiger partial charge < -0.3 is 4.57 Å². The Morgan fingerprint density at radius 2 is 1.06 bits per heavy atom. The molecule has 0 spiro atoms. The van der Waals surface area contributed by atoms with Gasteiger partial charge in [-0.15, -0.1) is 0 Å². The van der Waals surface area contributed by atoms with Crippen molar-refractivity contribution in [2.24, 2.45) is 5.10 Å². The van der Waals surface area contributed by atoms with Crippen molar-refractivity contribution in [3.05, 3.63) is 138 Å². The summed E-state index contributed by atoms with van der Waals surface area (Å²) in [7, 11) is -3.13. The Morgan fingerprint density at radius 1 is 0.581 bits per heavy atom. The van der Waals surface area contributed by atoms with Crippen LogP contribution in [0.5, 0.6) is 0 Å². The van der Waals surface area contributed by atoms with Crippen molar-refractivity contribution in [3.8, 4) is 0 Å². The SMILES string of the molecule is O=[P@@]1(c2ccccc2)C=C(c2ccccc2)N(c2ccccc2)N=C1c1ccccc1. The maximum absolute atomic E-state index is 14.7. The van der Waals surface area contributed by atoms with Gasteiger partial charge >= 0.3 is 0 Å². The van der Waals surface area contributed by atoms with Crippen molar-refractivity contribution >= 4 is 29.3 Å². The van der Waals surface area contributed by atoms with E-state index in [1.807, 2.05) is 132 Å². The van der Waals surface area contributed by atoms with E-state index in [0.717, 1.165) is 27.8 Å². The highest BCUT2D eigenvalue weighted by Gasteiger charge is 2.37. The molecular weight excluding hydrogens is 399 g/mol. The largest absolute Gasteiger partial charge is 0.307 e. The summed E-state index contributed by atoms with van der Waals surface area (Å²) >= 11 is 0. The molecule has 1 aliphatic rings. The second-order valence-corrected chi connectivity index (χ2v) is 9.83. The van der Waals surface area contributed by atoms with Gasteiger partial charge in [-0.3, -0.25) is 0 Å². The quantitative estimate of drug-likeness (QED) is 0.351. The fourth-order valence-corrected chi connectivity index (χ4v) is 6.25. The van der Waals surface area contributed by atoms with Crippen LogP contribution in [-0.4, -0.2) is 5.45 Å². The maximum Gasteiger partial charge on any atom is 0.186 e. The lowest BCUT2D eigenvalue weighted by molar-refractivity contribution is 0.593. The van der Waals surface area contributed by atoms with Crippen LogP contribution in [0.15, 0.2) is 132 Å². The average molecular weight is 420 g/mol. The van der Waals surface area contributed by atoms with E-state index in [4.69, 9.17) is 5.10 Å². The highest BCUT2D eigenvalue weighted by atomic mass is 31.2. The number of para-hydroxylation sites is 1. The Kier molecular flexibility index (Phi) is 5.11. The molecular formula is C27H21N2OP. The number of anilines is 1. The van der Waals surface area contributed by atoms with E-state index in [-0.39, 0.29) is 0 Å². The van der Waals surface area contributed by atoms with Crippen LogP contribution in [-0.2, 0) is 4.57 Å². The maximum atomic E-state index is 14.7. The van der Waals surface area contributed by atoms with Gasteiger partial charge in [0, 0.05) is 22.2 Å². The number of hydrogen-bond donors (Lipinski definition) is 0. The van der Waals surface area contributed by atoms with Gasteiger partial charge in [0.25, 0.3) is 0 Å². The molecule has 1 atom stereocenters. The Bertz CT molecular complexity index is 1280. The summed E-state index contributed by atoms with van der Waals surface area (Å²) in [6, 6.07) is 39.5. The van der Waals surface area contributed by atoms with Crippen LogP contribution >= 0.6 is 7.14 Å². The van der Waals surface area contributed by atoms with Gasteiger partial charge in [-0.1, -0.05) is 109 Å². The first-order valence-corrected chi connectivity index (χ1v) is 12.0. The van der Waals surface area contributed by atoms with Gasteiger partial charge in [0.05, 0.1) is 11.4 Å². The molecule has 0 aliphatic carbocycles. The van der Waals surface area contributed by atoms with Crippen molar-refractivity contribution < 1.29 is 4.57 Å². The second-order valence-electron chi connectivity index (χ2n) is 7.31. The number of nitrogens with zero attached hydrogens (tertiary/aromatic N) is 2. The number of benzene rings is 4. The molecule has 4 aromatic carbocycles. The van der Waals surface area contributed by atoms with Gasteiger partial charge in [0.15, 0.2) is 7.14 Å². The molecule has 0 N–H and O–H groups in total. The van der Waals surface area contributed by atoms with Crippen LogP contribution in [0.1, 0.15) is 11.1 Å². The van der Waals surface area contributed by atoms with Crippen molar-refractivity contribution in [1.29, 1.82) is 0 Å². The van der Waals surface area contributed by atoms with E-state index in [1.165, 1.54) is 0 Å². The van der Waals surface area contributed by atoms with E-state index in [2.05, 4.69) is 0 Å². The second kappa shape index (κ2) is 8.22. The summed E-state index contributed by atoms with van der Waals surface area (Å²) in [5.74, 6) is 1.92. The minimum Gasteiger partial charge on any atom is -0.307 e. The third-order valence-electron chi connectivity index (χ3n) is 5.28. The molecule has 0 unspecified atom stereocenters. The number of hydrazone groups is 1. The zero-order chi connectivity index (χ0) is 21.1. The first-order valence-electron chi connectivity index (χ1n) is 10.2. The molecule has 31 heavy (non-hydrogen) atoms. The van der Waals surface area contributed by atoms with Crippen LogP contribution in [0.3, 0.4) is 0 Å². The molecule has 4 aromatic rings. The van der Waals surface area contributed by atoms with Gasteiger partial charge in [0.2, 0.25) is 0 Å². The van der Waals surface area contributed by atoms with Crippen LogP contribution < -0.4 is 10.3 Å². The Hall–Kier alpha value is -3.68. The lowest BCUT2D eigenvalue weighted by Gasteiger charge is -2.31. The van der Waals surface area contributed by atoms with Gasteiger partial charge in [-0.05, 0) is 12.1 Å². The average Bonchev–Trinajstić information content (AvgIpc) is 2.86. The van der Waals surface area contributed by atoms with Gasteiger partial charge in [-0.25, -0.2) is 5.01 Å². The standard InChI is InChI=1S/C27H21N2OP/c30-31(25-19-11-4-12-20-25)21-26(22-13-5-1-6-14-22)29(24-17-9-3-10-18-24)28-27(31)23-15-7-2-8-16-23/h1-21H/t31-/m1/s1. The summed E-state index contributed by atoms with van der Waals surface area (Å²) in [4.78, 5) is 0. The molecule has 1 aliphatic heterocycles. The molecule has 0 aromatic heterocycles. The Balaban J connectivity index is 1.79. The molecule has 1 heterocycles.